The van der Waals surface area contributed by atoms with Gasteiger partial charge in [-0.2, -0.15) is 0 Å². The lowest BCUT2D eigenvalue weighted by Crippen LogP contribution is -2.03. The number of carbonyl (C=O) groups excluding carboxylic acids is 1. The van der Waals surface area contributed by atoms with Gasteiger partial charge in [0, 0.05) is 17.8 Å². The van der Waals surface area contributed by atoms with Crippen LogP contribution in [0.5, 0.6) is 0 Å². The number of aromatic nitrogens is 1. The van der Waals surface area contributed by atoms with Crippen molar-refractivity contribution in [2.45, 2.75) is 33.7 Å². The van der Waals surface area contributed by atoms with E-state index < -0.39 is 0 Å². The van der Waals surface area contributed by atoms with Gasteiger partial charge in [-0.3, -0.25) is 4.79 Å². The van der Waals surface area contributed by atoms with Gasteiger partial charge in [0.05, 0.1) is 10.7 Å². The van der Waals surface area contributed by atoms with Gasteiger partial charge in [0.2, 0.25) is 0 Å². The molecule has 126 valence electrons. The van der Waals surface area contributed by atoms with Crippen molar-refractivity contribution in [1.82, 2.24) is 4.57 Å². The lowest BCUT2D eigenvalue weighted by Gasteiger charge is -2.09. The van der Waals surface area contributed by atoms with E-state index in [2.05, 4.69) is 0 Å². The Balaban J connectivity index is 2.41. The molecule has 1 aromatic carbocycles. The Morgan fingerprint density at radius 1 is 1.25 bits per heavy atom. The quantitative estimate of drug-likeness (QED) is 0.503. The summed E-state index contributed by atoms with van der Waals surface area (Å²) in [6.45, 7) is 6.53. The number of benzene rings is 1. The average Bonchev–Trinajstić information content (AvgIpc) is 2.83. The second-order valence-electron chi connectivity index (χ2n) is 5.65. The molecule has 0 aliphatic carbocycles. The van der Waals surface area contributed by atoms with E-state index in [1.165, 1.54) is 12.1 Å². The van der Waals surface area contributed by atoms with E-state index in [0.717, 1.165) is 28.8 Å². The van der Waals surface area contributed by atoms with Gasteiger partial charge in [0.25, 0.3) is 0 Å². The van der Waals surface area contributed by atoms with Crippen LogP contribution in [0.1, 0.15) is 39.8 Å². The summed E-state index contributed by atoms with van der Waals surface area (Å²) in [5.74, 6) is -0.261. The molecule has 4 heteroatoms. The fourth-order valence-corrected chi connectivity index (χ4v) is 2.93. The first kappa shape index (κ1) is 18.2. The molecule has 0 N–H and O–H groups in total. The van der Waals surface area contributed by atoms with E-state index in [0.29, 0.717) is 23.6 Å². The van der Waals surface area contributed by atoms with Crippen molar-refractivity contribution in [3.8, 4) is 0 Å². The third-order valence-corrected chi connectivity index (χ3v) is 4.51. The Hall–Kier alpha value is -2.13. The minimum atomic E-state index is -0.261. The molecule has 0 atom stereocenters. The van der Waals surface area contributed by atoms with Gasteiger partial charge < -0.3 is 4.57 Å². The number of allylic oxidation sites excluding steroid dienone is 3. The average molecular weight is 346 g/mol. The number of nitrogens with zero attached hydrogens (tertiary/aromatic N) is 1. The standard InChI is InChI=1S/C20H21ClFNO/c1-4-5-12-23-15(3)14(2)18(13-24)20(23)19(21)11-8-16-6-9-17(22)10-7-16/h4-7,9-11,13H,8,12H2,1-3H3. The molecule has 1 heterocycles. The highest BCUT2D eigenvalue weighted by Gasteiger charge is 2.18. The Morgan fingerprint density at radius 3 is 2.50 bits per heavy atom. The third kappa shape index (κ3) is 3.85. The zero-order chi connectivity index (χ0) is 17.7. The second kappa shape index (κ2) is 8.11. The largest absolute Gasteiger partial charge is 0.339 e. The van der Waals surface area contributed by atoms with Gasteiger partial charge in [-0.15, -0.1) is 0 Å². The molecule has 2 nitrogen and oxygen atoms in total. The third-order valence-electron chi connectivity index (χ3n) is 4.17. The Kier molecular flexibility index (Phi) is 6.16. The summed E-state index contributed by atoms with van der Waals surface area (Å²) >= 11 is 6.52. The van der Waals surface area contributed by atoms with Crippen LogP contribution < -0.4 is 0 Å². The minimum Gasteiger partial charge on any atom is -0.339 e. The van der Waals surface area contributed by atoms with Crippen molar-refractivity contribution in [3.05, 3.63) is 76.4 Å². The first-order chi connectivity index (χ1) is 11.5. The molecule has 0 aliphatic heterocycles. The van der Waals surface area contributed by atoms with Crippen LogP contribution in [-0.4, -0.2) is 10.9 Å². The first-order valence-electron chi connectivity index (χ1n) is 7.86. The number of hydrogen-bond donors (Lipinski definition) is 0. The molecule has 0 aliphatic rings. The number of aldehydes is 1. The van der Waals surface area contributed by atoms with Crippen molar-refractivity contribution in [1.29, 1.82) is 0 Å². The number of halogens is 2. The van der Waals surface area contributed by atoms with Crippen molar-refractivity contribution in [3.63, 3.8) is 0 Å². The normalized spacial score (nSPS) is 12.1. The van der Waals surface area contributed by atoms with E-state index in [1.807, 2.05) is 43.6 Å². The summed E-state index contributed by atoms with van der Waals surface area (Å²) in [7, 11) is 0. The van der Waals surface area contributed by atoms with Gasteiger partial charge >= 0.3 is 0 Å². The molecular weight excluding hydrogens is 325 g/mol. The lowest BCUT2D eigenvalue weighted by atomic mass is 10.1. The van der Waals surface area contributed by atoms with E-state index in [1.54, 1.807) is 12.1 Å². The molecule has 0 bridgehead atoms. The SMILES string of the molecule is CC=CCn1c(C)c(C)c(C=O)c1C(Cl)=CCc1ccc(F)cc1. The predicted octanol–water partition coefficient (Wildman–Crippen LogP) is 5.46. The van der Waals surface area contributed by atoms with Crippen LogP contribution in [0, 0.1) is 19.7 Å². The summed E-state index contributed by atoms with van der Waals surface area (Å²) < 4.78 is 15.0. The summed E-state index contributed by atoms with van der Waals surface area (Å²) in [6, 6.07) is 6.31. The molecule has 0 saturated carbocycles. The molecule has 0 amide bonds. The van der Waals surface area contributed by atoms with Crippen molar-refractivity contribution in [2.75, 3.05) is 0 Å². The number of carbonyl (C=O) groups is 1. The van der Waals surface area contributed by atoms with Crippen LogP contribution in [0.4, 0.5) is 4.39 Å². The molecule has 1 aromatic heterocycles. The maximum atomic E-state index is 13.0. The van der Waals surface area contributed by atoms with Crippen LogP contribution in [0.2, 0.25) is 0 Å². The molecule has 0 unspecified atom stereocenters. The molecular formula is C20H21ClFNO. The van der Waals surface area contributed by atoms with E-state index in [-0.39, 0.29) is 5.82 Å². The van der Waals surface area contributed by atoms with Gasteiger partial charge in [-0.25, -0.2) is 4.39 Å². The zero-order valence-electron chi connectivity index (χ0n) is 14.1. The van der Waals surface area contributed by atoms with Crippen LogP contribution in [-0.2, 0) is 13.0 Å². The topological polar surface area (TPSA) is 22.0 Å². The summed E-state index contributed by atoms with van der Waals surface area (Å²) in [4.78, 5) is 11.5. The van der Waals surface area contributed by atoms with Gasteiger partial charge in [-0.05, 0) is 50.5 Å². The fourth-order valence-electron chi connectivity index (χ4n) is 2.65. The van der Waals surface area contributed by atoms with E-state index >= 15 is 0 Å². The smallest absolute Gasteiger partial charge is 0.152 e. The Bertz CT molecular complexity index is 785. The molecule has 0 saturated heterocycles. The fraction of sp³-hybridized carbons (Fsp3) is 0.250. The predicted molar refractivity (Wildman–Crippen MR) is 98.0 cm³/mol. The minimum absolute atomic E-state index is 0.261. The molecule has 2 rings (SSSR count). The highest BCUT2D eigenvalue weighted by molar-refractivity contribution is 6.49. The van der Waals surface area contributed by atoms with Crippen molar-refractivity contribution in [2.24, 2.45) is 0 Å². The summed E-state index contributed by atoms with van der Waals surface area (Å²) in [5.41, 5.74) is 4.29. The van der Waals surface area contributed by atoms with E-state index in [4.69, 9.17) is 11.6 Å². The summed E-state index contributed by atoms with van der Waals surface area (Å²) in [6.07, 6.45) is 7.29. The lowest BCUT2D eigenvalue weighted by molar-refractivity contribution is 0.112. The first-order valence-corrected chi connectivity index (χ1v) is 8.23. The second-order valence-corrected chi connectivity index (χ2v) is 6.06. The van der Waals surface area contributed by atoms with Crippen molar-refractivity contribution >= 4 is 22.9 Å². The molecule has 0 spiro atoms. The molecule has 0 fully saturated rings. The molecule has 0 radical (unpaired) electrons. The summed E-state index contributed by atoms with van der Waals surface area (Å²) in [5, 5.41) is 0.530. The van der Waals surface area contributed by atoms with Gasteiger partial charge in [0.1, 0.15) is 5.82 Å². The number of hydrogen-bond acceptors (Lipinski definition) is 1. The Morgan fingerprint density at radius 2 is 1.92 bits per heavy atom. The maximum Gasteiger partial charge on any atom is 0.152 e. The molecule has 24 heavy (non-hydrogen) atoms. The van der Waals surface area contributed by atoms with Gasteiger partial charge in [0.15, 0.2) is 6.29 Å². The van der Waals surface area contributed by atoms with Crippen LogP contribution in [0.3, 0.4) is 0 Å². The number of rotatable bonds is 6. The monoisotopic (exact) mass is 345 g/mol. The highest BCUT2D eigenvalue weighted by atomic mass is 35.5. The van der Waals surface area contributed by atoms with Crippen LogP contribution in [0.15, 0.2) is 42.5 Å². The van der Waals surface area contributed by atoms with Crippen LogP contribution in [0.25, 0.3) is 5.03 Å². The van der Waals surface area contributed by atoms with Gasteiger partial charge in [-0.1, -0.05) is 42.0 Å². The van der Waals surface area contributed by atoms with E-state index in [9.17, 15) is 9.18 Å². The van der Waals surface area contributed by atoms with Crippen LogP contribution >= 0.6 is 11.6 Å². The zero-order valence-corrected chi connectivity index (χ0v) is 14.9. The maximum absolute atomic E-state index is 13.0. The van der Waals surface area contributed by atoms with Crippen molar-refractivity contribution < 1.29 is 9.18 Å². The highest BCUT2D eigenvalue weighted by Crippen LogP contribution is 2.30. The molecule has 2 aromatic rings. The Labute approximate surface area is 147 Å².